The number of hydrogen-bond acceptors (Lipinski definition) is 11. The highest BCUT2D eigenvalue weighted by molar-refractivity contribution is 9.10. The van der Waals surface area contributed by atoms with Gasteiger partial charge in [-0.1, -0.05) is 56.1 Å². The molecule has 0 radical (unpaired) electrons. The van der Waals surface area contributed by atoms with Gasteiger partial charge < -0.3 is 9.80 Å². The second-order valence-corrected chi connectivity index (χ2v) is 15.3. The van der Waals surface area contributed by atoms with Crippen molar-refractivity contribution in [3.05, 3.63) is 102 Å². The zero-order chi connectivity index (χ0) is 31.9. The standard InChI is InChI=1S/C33H23Br2N5O4S2/c1-38(24-10-12-39(24)20-14-22(41)26-30(28(20)43)45-32(36-26)16-2-6-18(34)7-3-16)25-11-13-40(25)21-15-23(42)27-31(29(21)44)46-33(37-27)17-4-8-19(35)9-5-17/h2-9,14-15,24-25H,10-13H2,1H3. The van der Waals surface area contributed by atoms with Crippen molar-refractivity contribution in [3.63, 3.8) is 0 Å². The average molecular weight is 778 g/mol. The molecule has 2 fully saturated rings. The number of thiazole rings is 2. The summed E-state index contributed by atoms with van der Waals surface area (Å²) in [6.45, 7) is 1.26. The van der Waals surface area contributed by atoms with Crippen molar-refractivity contribution in [3.8, 4) is 21.1 Å². The van der Waals surface area contributed by atoms with Gasteiger partial charge in [0.1, 0.15) is 31.2 Å². The molecule has 2 saturated heterocycles. The highest BCUT2D eigenvalue weighted by atomic mass is 79.9. The zero-order valence-electron chi connectivity index (χ0n) is 24.2. The minimum Gasteiger partial charge on any atom is -0.352 e. The van der Waals surface area contributed by atoms with Gasteiger partial charge in [-0.25, -0.2) is 9.97 Å². The third kappa shape index (κ3) is 4.79. The van der Waals surface area contributed by atoms with Crippen molar-refractivity contribution in [1.82, 2.24) is 24.7 Å². The van der Waals surface area contributed by atoms with Crippen LogP contribution in [0.15, 0.2) is 81.0 Å². The van der Waals surface area contributed by atoms with Gasteiger partial charge in [0, 0.05) is 45.3 Å². The fourth-order valence-electron chi connectivity index (χ4n) is 6.24. The number of benzene rings is 2. The highest BCUT2D eigenvalue weighted by Gasteiger charge is 2.46. The number of hydrogen-bond donors (Lipinski definition) is 0. The molecule has 230 valence electrons. The van der Waals surface area contributed by atoms with Crippen molar-refractivity contribution >= 4 is 77.7 Å². The van der Waals surface area contributed by atoms with Crippen LogP contribution in [0.3, 0.4) is 0 Å². The fraction of sp³-hybridized carbons (Fsp3) is 0.212. The van der Waals surface area contributed by atoms with Crippen LogP contribution in [0, 0.1) is 0 Å². The number of rotatable bonds is 6. The first-order chi connectivity index (χ1) is 22.2. The van der Waals surface area contributed by atoms with E-state index < -0.39 is 0 Å². The van der Waals surface area contributed by atoms with Crippen LogP contribution < -0.4 is 0 Å². The van der Waals surface area contributed by atoms with Crippen LogP contribution in [0.1, 0.15) is 53.2 Å². The third-order valence-corrected chi connectivity index (χ3v) is 12.1. The Morgan fingerprint density at radius 3 is 1.41 bits per heavy atom. The molecule has 9 nitrogen and oxygen atoms in total. The highest BCUT2D eigenvalue weighted by Crippen LogP contribution is 2.40. The monoisotopic (exact) mass is 775 g/mol. The van der Waals surface area contributed by atoms with Crippen LogP contribution in [-0.2, 0) is 0 Å². The number of halogens is 2. The van der Waals surface area contributed by atoms with E-state index in [4.69, 9.17) is 0 Å². The number of nitrogens with zero attached hydrogens (tertiary/aromatic N) is 5. The molecule has 2 aliphatic carbocycles. The summed E-state index contributed by atoms with van der Waals surface area (Å²) in [5.74, 6) is -0.951. The first-order valence-electron chi connectivity index (χ1n) is 14.6. The number of likely N-dealkylation sites (tertiary alicyclic amines) is 2. The van der Waals surface area contributed by atoms with Crippen molar-refractivity contribution in [2.45, 2.75) is 25.2 Å². The summed E-state index contributed by atoms with van der Waals surface area (Å²) in [5.41, 5.74) is 2.83. The van der Waals surface area contributed by atoms with E-state index in [-0.39, 0.29) is 46.9 Å². The lowest BCUT2D eigenvalue weighted by molar-refractivity contribution is -0.0902. The van der Waals surface area contributed by atoms with Crippen molar-refractivity contribution < 1.29 is 19.2 Å². The molecule has 2 atom stereocenters. The number of aromatic nitrogens is 2. The molecule has 4 aliphatic rings. The van der Waals surface area contributed by atoms with E-state index in [0.717, 1.165) is 32.9 Å². The van der Waals surface area contributed by atoms with E-state index in [2.05, 4.69) is 46.7 Å². The maximum absolute atomic E-state index is 13.7. The van der Waals surface area contributed by atoms with E-state index in [1.165, 1.54) is 34.8 Å². The molecular weight excluding hydrogens is 754 g/mol. The molecule has 2 unspecified atom stereocenters. The van der Waals surface area contributed by atoms with Crippen LogP contribution in [0.25, 0.3) is 21.1 Å². The summed E-state index contributed by atoms with van der Waals surface area (Å²) in [6.07, 6.45) is 4.12. The predicted molar refractivity (Wildman–Crippen MR) is 182 cm³/mol. The minimum atomic E-state index is -0.276. The second kappa shape index (κ2) is 11.3. The van der Waals surface area contributed by atoms with Crippen LogP contribution in [0.2, 0.25) is 0 Å². The zero-order valence-corrected chi connectivity index (χ0v) is 29.0. The van der Waals surface area contributed by atoms with Gasteiger partial charge in [0.15, 0.2) is 0 Å². The summed E-state index contributed by atoms with van der Waals surface area (Å²) in [5, 5.41) is 1.26. The van der Waals surface area contributed by atoms with Crippen molar-refractivity contribution in [2.75, 3.05) is 20.1 Å². The minimum absolute atomic E-state index is 0.144. The number of allylic oxidation sites excluding steroid dienone is 4. The number of fused-ring (bicyclic) bond motifs is 2. The number of Topliss-reactive ketones (excluding diaryl/α,β-unsaturated/α-hetero) is 2. The largest absolute Gasteiger partial charge is 0.352 e. The predicted octanol–water partition coefficient (Wildman–Crippen LogP) is 6.68. The summed E-state index contributed by atoms with van der Waals surface area (Å²) >= 11 is 9.35. The van der Waals surface area contributed by atoms with Gasteiger partial charge >= 0.3 is 0 Å². The van der Waals surface area contributed by atoms with E-state index in [0.29, 0.717) is 44.3 Å². The van der Waals surface area contributed by atoms with Gasteiger partial charge in [-0.05, 0) is 44.2 Å². The Kier molecular flexibility index (Phi) is 7.29. The Morgan fingerprint density at radius 2 is 1.07 bits per heavy atom. The van der Waals surface area contributed by atoms with E-state index in [1.807, 2.05) is 65.4 Å². The lowest BCUT2D eigenvalue weighted by atomic mass is 9.96. The summed E-state index contributed by atoms with van der Waals surface area (Å²) in [7, 11) is 1.96. The fourth-order valence-corrected chi connectivity index (χ4v) is 8.82. The lowest BCUT2D eigenvalue weighted by Crippen LogP contribution is -2.66. The van der Waals surface area contributed by atoms with Gasteiger partial charge in [0.2, 0.25) is 23.1 Å². The van der Waals surface area contributed by atoms with Crippen molar-refractivity contribution in [1.29, 1.82) is 0 Å². The Balaban J connectivity index is 0.999. The van der Waals surface area contributed by atoms with Gasteiger partial charge in [0.25, 0.3) is 0 Å². The molecule has 0 amide bonds. The molecule has 0 N–H and O–H groups in total. The molecule has 2 aromatic carbocycles. The topological polar surface area (TPSA) is 104 Å². The average Bonchev–Trinajstić information content (AvgIpc) is 3.65. The van der Waals surface area contributed by atoms with Gasteiger partial charge in [0.05, 0.1) is 23.7 Å². The molecule has 2 aromatic heterocycles. The van der Waals surface area contributed by atoms with E-state index in [9.17, 15) is 19.2 Å². The molecule has 0 saturated carbocycles. The first-order valence-corrected chi connectivity index (χ1v) is 17.8. The maximum Gasteiger partial charge on any atom is 0.221 e. The van der Waals surface area contributed by atoms with Crippen LogP contribution >= 0.6 is 54.5 Å². The van der Waals surface area contributed by atoms with Crippen LogP contribution in [0.5, 0.6) is 0 Å². The Morgan fingerprint density at radius 1 is 0.674 bits per heavy atom. The Labute approximate surface area is 288 Å². The number of ketones is 4. The summed E-state index contributed by atoms with van der Waals surface area (Å²) < 4.78 is 1.86. The smallest absolute Gasteiger partial charge is 0.221 e. The van der Waals surface area contributed by atoms with Crippen molar-refractivity contribution in [2.24, 2.45) is 0 Å². The number of carbonyl (C=O) groups is 4. The van der Waals surface area contributed by atoms with E-state index in [1.54, 1.807) is 0 Å². The van der Waals surface area contributed by atoms with Gasteiger partial charge in [-0.2, -0.15) is 0 Å². The Hall–Kier alpha value is -3.62. The maximum atomic E-state index is 13.7. The Bertz CT molecular complexity index is 1900. The SMILES string of the molecule is CN(C1CCN1C1=CC(=O)c2nc(-c3ccc(Br)cc3)sc2C1=O)C1CCN1C1=CC(=O)c2nc(-c3ccc(Br)cc3)sc2C1=O. The van der Waals surface area contributed by atoms with Crippen LogP contribution in [0.4, 0.5) is 0 Å². The molecule has 13 heteroatoms. The van der Waals surface area contributed by atoms with Gasteiger partial charge in [-0.15, -0.1) is 22.7 Å². The summed E-state index contributed by atoms with van der Waals surface area (Å²) in [6, 6.07) is 15.2. The second-order valence-electron chi connectivity index (χ2n) is 11.4. The molecule has 4 heterocycles. The van der Waals surface area contributed by atoms with Crippen LogP contribution in [-0.4, -0.2) is 80.3 Å². The van der Waals surface area contributed by atoms with Gasteiger partial charge in [-0.3, -0.25) is 24.1 Å². The first kappa shape index (κ1) is 29.8. The van der Waals surface area contributed by atoms with E-state index >= 15 is 0 Å². The molecule has 0 spiro atoms. The quantitative estimate of drug-likeness (QED) is 0.212. The molecule has 8 rings (SSSR count). The summed E-state index contributed by atoms with van der Waals surface area (Å²) in [4.78, 5) is 69.6. The molecule has 46 heavy (non-hydrogen) atoms. The normalized spacial score (nSPS) is 20.7. The lowest BCUT2D eigenvalue weighted by Gasteiger charge is -2.56. The molecule has 4 aromatic rings. The molecule has 2 aliphatic heterocycles. The molecular formula is C33H23Br2N5O4S2. The molecule has 0 bridgehead atoms. The number of carbonyl (C=O) groups excluding carboxylic acids is 4. The third-order valence-electron chi connectivity index (χ3n) is 8.85.